The van der Waals surface area contributed by atoms with Crippen molar-refractivity contribution in [2.75, 3.05) is 7.11 Å². The predicted octanol–water partition coefficient (Wildman–Crippen LogP) is 3.50. The lowest BCUT2D eigenvalue weighted by atomic mass is 10.2. The van der Waals surface area contributed by atoms with Gasteiger partial charge in [0.05, 0.1) is 7.11 Å². The molecule has 0 unspecified atom stereocenters. The first-order valence-corrected chi connectivity index (χ1v) is 6.76. The molecule has 0 fully saturated rings. The summed E-state index contributed by atoms with van der Waals surface area (Å²) in [5.74, 6) is 1.43. The van der Waals surface area contributed by atoms with Crippen LogP contribution >= 0.6 is 15.9 Å². The first-order chi connectivity index (χ1) is 9.22. The van der Waals surface area contributed by atoms with E-state index in [1.165, 1.54) is 0 Å². The van der Waals surface area contributed by atoms with Gasteiger partial charge in [-0.25, -0.2) is 0 Å². The fraction of sp³-hybridized carbons (Fsp3) is 0.200. The number of hydrogen-bond donors (Lipinski definition) is 1. The topological polar surface area (TPSA) is 44.5 Å². The van der Waals surface area contributed by atoms with Gasteiger partial charge in [0.1, 0.15) is 6.61 Å². The summed E-state index contributed by atoms with van der Waals surface area (Å²) >= 11 is 3.44. The first-order valence-electron chi connectivity index (χ1n) is 5.97. The fourth-order valence-corrected chi connectivity index (χ4v) is 2.20. The van der Waals surface area contributed by atoms with E-state index >= 15 is 0 Å². The van der Waals surface area contributed by atoms with Crippen LogP contribution in [0.25, 0.3) is 0 Å². The van der Waals surface area contributed by atoms with Crippen LogP contribution in [0.3, 0.4) is 0 Å². The summed E-state index contributed by atoms with van der Waals surface area (Å²) < 4.78 is 12.1. The maximum absolute atomic E-state index is 5.81. The largest absolute Gasteiger partial charge is 0.493 e. The maximum Gasteiger partial charge on any atom is 0.161 e. The van der Waals surface area contributed by atoms with Crippen LogP contribution < -0.4 is 15.2 Å². The Balaban J connectivity index is 2.14. The van der Waals surface area contributed by atoms with Crippen molar-refractivity contribution in [2.24, 2.45) is 5.73 Å². The summed E-state index contributed by atoms with van der Waals surface area (Å²) in [6.45, 7) is 0.973. The minimum Gasteiger partial charge on any atom is -0.493 e. The number of nitrogens with two attached hydrogens (primary N) is 1. The molecule has 0 amide bonds. The summed E-state index contributed by atoms with van der Waals surface area (Å²) in [5.41, 5.74) is 7.75. The number of methoxy groups -OCH3 is 1. The van der Waals surface area contributed by atoms with Crippen molar-refractivity contribution in [3.63, 3.8) is 0 Å². The van der Waals surface area contributed by atoms with E-state index in [1.807, 2.05) is 42.5 Å². The van der Waals surface area contributed by atoms with Crippen LogP contribution in [0.2, 0.25) is 0 Å². The quantitative estimate of drug-likeness (QED) is 0.916. The van der Waals surface area contributed by atoms with E-state index in [0.29, 0.717) is 24.7 Å². The molecule has 0 saturated carbocycles. The van der Waals surface area contributed by atoms with Gasteiger partial charge in [-0.2, -0.15) is 0 Å². The second-order valence-corrected chi connectivity index (χ2v) is 5.02. The van der Waals surface area contributed by atoms with Crippen molar-refractivity contribution >= 4 is 15.9 Å². The van der Waals surface area contributed by atoms with E-state index in [9.17, 15) is 0 Å². The zero-order chi connectivity index (χ0) is 13.7. The Bertz CT molecular complexity index is 558. The lowest BCUT2D eigenvalue weighted by Crippen LogP contribution is -2.01. The molecule has 0 heterocycles. The van der Waals surface area contributed by atoms with Gasteiger partial charge < -0.3 is 15.2 Å². The third-order valence-electron chi connectivity index (χ3n) is 2.75. The highest BCUT2D eigenvalue weighted by Gasteiger charge is 2.06. The van der Waals surface area contributed by atoms with Crippen LogP contribution in [-0.4, -0.2) is 7.11 Å². The summed E-state index contributed by atoms with van der Waals surface area (Å²) in [7, 11) is 1.63. The van der Waals surface area contributed by atoms with Gasteiger partial charge in [-0.3, -0.25) is 0 Å². The SMILES string of the molecule is COc1ccc(CN)cc1OCc1cccc(Br)c1. The summed E-state index contributed by atoms with van der Waals surface area (Å²) in [6.07, 6.45) is 0. The van der Waals surface area contributed by atoms with Gasteiger partial charge in [0.2, 0.25) is 0 Å². The normalized spacial score (nSPS) is 10.3. The Kier molecular flexibility index (Phi) is 4.82. The molecule has 2 rings (SSSR count). The molecule has 0 spiro atoms. The van der Waals surface area contributed by atoms with E-state index < -0.39 is 0 Å². The molecule has 0 aliphatic heterocycles. The van der Waals surface area contributed by atoms with Crippen molar-refractivity contribution in [1.82, 2.24) is 0 Å². The Morgan fingerprint density at radius 2 is 1.89 bits per heavy atom. The van der Waals surface area contributed by atoms with Crippen molar-refractivity contribution in [2.45, 2.75) is 13.2 Å². The molecule has 0 saturated heterocycles. The smallest absolute Gasteiger partial charge is 0.161 e. The highest BCUT2D eigenvalue weighted by molar-refractivity contribution is 9.10. The summed E-state index contributed by atoms with van der Waals surface area (Å²) in [5, 5.41) is 0. The number of rotatable bonds is 5. The number of halogens is 1. The average Bonchev–Trinajstić information content (AvgIpc) is 2.45. The monoisotopic (exact) mass is 321 g/mol. The van der Waals surface area contributed by atoms with E-state index in [1.54, 1.807) is 7.11 Å². The van der Waals surface area contributed by atoms with Gasteiger partial charge in [0, 0.05) is 11.0 Å². The number of hydrogen-bond acceptors (Lipinski definition) is 3. The van der Waals surface area contributed by atoms with Crippen LogP contribution in [0.15, 0.2) is 46.9 Å². The molecule has 0 atom stereocenters. The second kappa shape index (κ2) is 6.59. The van der Waals surface area contributed by atoms with Crippen LogP contribution in [0.5, 0.6) is 11.5 Å². The molecule has 2 aromatic carbocycles. The molecule has 2 aromatic rings. The molecule has 3 nitrogen and oxygen atoms in total. The zero-order valence-electron chi connectivity index (χ0n) is 10.7. The molecular formula is C15H16BrNO2. The van der Waals surface area contributed by atoms with E-state index in [2.05, 4.69) is 15.9 Å². The van der Waals surface area contributed by atoms with E-state index in [4.69, 9.17) is 15.2 Å². The summed E-state index contributed by atoms with van der Waals surface area (Å²) in [4.78, 5) is 0. The van der Waals surface area contributed by atoms with Crippen molar-refractivity contribution < 1.29 is 9.47 Å². The van der Waals surface area contributed by atoms with Gasteiger partial charge in [-0.1, -0.05) is 34.1 Å². The molecule has 4 heteroatoms. The Morgan fingerprint density at radius 3 is 2.58 bits per heavy atom. The van der Waals surface area contributed by atoms with Gasteiger partial charge in [0.15, 0.2) is 11.5 Å². The first kappa shape index (κ1) is 13.9. The van der Waals surface area contributed by atoms with Gasteiger partial charge >= 0.3 is 0 Å². The van der Waals surface area contributed by atoms with E-state index in [0.717, 1.165) is 15.6 Å². The maximum atomic E-state index is 5.81. The van der Waals surface area contributed by atoms with Crippen molar-refractivity contribution in [3.05, 3.63) is 58.1 Å². The van der Waals surface area contributed by atoms with E-state index in [-0.39, 0.29) is 0 Å². The molecule has 0 radical (unpaired) electrons. The summed E-state index contributed by atoms with van der Waals surface area (Å²) in [6, 6.07) is 13.7. The van der Waals surface area contributed by atoms with Crippen LogP contribution in [0.1, 0.15) is 11.1 Å². The average molecular weight is 322 g/mol. The molecule has 0 aliphatic carbocycles. The predicted molar refractivity (Wildman–Crippen MR) is 79.4 cm³/mol. The van der Waals surface area contributed by atoms with Crippen molar-refractivity contribution in [1.29, 1.82) is 0 Å². The molecule has 0 aliphatic rings. The van der Waals surface area contributed by atoms with Crippen LogP contribution in [0.4, 0.5) is 0 Å². The molecular weight excluding hydrogens is 306 g/mol. The highest BCUT2D eigenvalue weighted by Crippen LogP contribution is 2.28. The Labute approximate surface area is 121 Å². The minimum absolute atomic E-state index is 0.483. The highest BCUT2D eigenvalue weighted by atomic mass is 79.9. The standard InChI is InChI=1S/C15H16BrNO2/c1-18-14-6-5-11(9-17)8-15(14)19-10-12-3-2-4-13(16)7-12/h2-8H,9-10,17H2,1H3. The third kappa shape index (κ3) is 3.72. The third-order valence-corrected chi connectivity index (χ3v) is 3.24. The van der Waals surface area contributed by atoms with Gasteiger partial charge in [0.25, 0.3) is 0 Å². The molecule has 2 N–H and O–H groups in total. The molecule has 0 bridgehead atoms. The van der Waals surface area contributed by atoms with Crippen LogP contribution in [-0.2, 0) is 13.2 Å². The number of benzene rings is 2. The van der Waals surface area contributed by atoms with Crippen LogP contribution in [0, 0.1) is 0 Å². The van der Waals surface area contributed by atoms with Gasteiger partial charge in [-0.05, 0) is 35.4 Å². The van der Waals surface area contributed by atoms with Crippen molar-refractivity contribution in [3.8, 4) is 11.5 Å². The lowest BCUT2D eigenvalue weighted by Gasteiger charge is -2.12. The molecule has 100 valence electrons. The second-order valence-electron chi connectivity index (χ2n) is 4.11. The lowest BCUT2D eigenvalue weighted by molar-refractivity contribution is 0.284. The minimum atomic E-state index is 0.483. The Morgan fingerprint density at radius 1 is 1.05 bits per heavy atom. The Hall–Kier alpha value is -1.52. The molecule has 0 aromatic heterocycles. The molecule has 19 heavy (non-hydrogen) atoms. The fourth-order valence-electron chi connectivity index (χ4n) is 1.75. The van der Waals surface area contributed by atoms with Gasteiger partial charge in [-0.15, -0.1) is 0 Å². The number of ether oxygens (including phenoxy) is 2. The zero-order valence-corrected chi connectivity index (χ0v) is 12.3.